The minimum atomic E-state index is -1.07. The summed E-state index contributed by atoms with van der Waals surface area (Å²) in [4.78, 5) is 11.4. The van der Waals surface area contributed by atoms with Crippen molar-refractivity contribution >= 4 is 5.97 Å². The van der Waals surface area contributed by atoms with E-state index in [1.807, 2.05) is 6.92 Å². The van der Waals surface area contributed by atoms with Gasteiger partial charge >= 0.3 is 5.97 Å². The van der Waals surface area contributed by atoms with Gasteiger partial charge in [0.25, 0.3) is 0 Å². The number of benzene rings is 1. The molecule has 0 aliphatic rings. The Morgan fingerprint density at radius 3 is 2.76 bits per heavy atom. The quantitative estimate of drug-likeness (QED) is 0.885. The SMILES string of the molecule is CCCCC(C(=O)O)n1nnnc1-c1ccc(F)c(F)c1. The molecule has 1 aromatic carbocycles. The molecule has 0 radical (unpaired) electrons. The maximum atomic E-state index is 13.3. The van der Waals surface area contributed by atoms with Crippen LogP contribution in [-0.2, 0) is 4.79 Å². The summed E-state index contributed by atoms with van der Waals surface area (Å²) < 4.78 is 27.4. The number of nitrogens with zero attached hydrogens (tertiary/aromatic N) is 4. The van der Waals surface area contributed by atoms with E-state index in [-0.39, 0.29) is 11.4 Å². The van der Waals surface area contributed by atoms with Crippen molar-refractivity contribution in [3.63, 3.8) is 0 Å². The Balaban J connectivity index is 2.40. The lowest BCUT2D eigenvalue weighted by molar-refractivity contribution is -0.141. The second-order valence-electron chi connectivity index (χ2n) is 4.57. The molecule has 112 valence electrons. The number of unbranched alkanes of at least 4 members (excludes halogenated alkanes) is 1. The first-order valence-corrected chi connectivity index (χ1v) is 6.50. The van der Waals surface area contributed by atoms with Crippen LogP contribution in [0.2, 0.25) is 0 Å². The van der Waals surface area contributed by atoms with Crippen LogP contribution in [-0.4, -0.2) is 31.3 Å². The molecule has 0 amide bonds. The van der Waals surface area contributed by atoms with Crippen molar-refractivity contribution in [2.24, 2.45) is 0 Å². The summed E-state index contributed by atoms with van der Waals surface area (Å²) in [6.45, 7) is 1.94. The van der Waals surface area contributed by atoms with Crippen molar-refractivity contribution in [3.8, 4) is 11.4 Å². The number of carboxylic acid groups (broad SMARTS) is 1. The second kappa shape index (κ2) is 6.38. The molecule has 1 aromatic heterocycles. The molecule has 0 spiro atoms. The number of rotatable bonds is 6. The van der Waals surface area contributed by atoms with Gasteiger partial charge in [-0.25, -0.2) is 18.3 Å². The van der Waals surface area contributed by atoms with Crippen LogP contribution >= 0.6 is 0 Å². The van der Waals surface area contributed by atoms with Crippen LogP contribution in [0.3, 0.4) is 0 Å². The third kappa shape index (κ3) is 3.21. The molecule has 1 heterocycles. The van der Waals surface area contributed by atoms with E-state index in [4.69, 9.17) is 0 Å². The summed E-state index contributed by atoms with van der Waals surface area (Å²) in [5, 5.41) is 20.1. The lowest BCUT2D eigenvalue weighted by Crippen LogP contribution is -2.21. The number of aromatic nitrogens is 4. The summed E-state index contributed by atoms with van der Waals surface area (Å²) in [7, 11) is 0. The van der Waals surface area contributed by atoms with Crippen molar-refractivity contribution in [2.45, 2.75) is 32.2 Å². The molecule has 0 fully saturated rings. The van der Waals surface area contributed by atoms with Gasteiger partial charge in [0.1, 0.15) is 0 Å². The molecule has 1 atom stereocenters. The average molecular weight is 296 g/mol. The topological polar surface area (TPSA) is 80.9 Å². The van der Waals surface area contributed by atoms with E-state index in [0.717, 1.165) is 23.2 Å². The highest BCUT2D eigenvalue weighted by Gasteiger charge is 2.24. The number of halogens is 2. The third-order valence-corrected chi connectivity index (χ3v) is 3.08. The van der Waals surface area contributed by atoms with Crippen LogP contribution in [0.5, 0.6) is 0 Å². The van der Waals surface area contributed by atoms with E-state index in [1.165, 1.54) is 6.07 Å². The monoisotopic (exact) mass is 296 g/mol. The summed E-state index contributed by atoms with van der Waals surface area (Å²) >= 11 is 0. The fourth-order valence-corrected chi connectivity index (χ4v) is 1.98. The van der Waals surface area contributed by atoms with E-state index in [2.05, 4.69) is 15.5 Å². The molecule has 21 heavy (non-hydrogen) atoms. The van der Waals surface area contributed by atoms with Gasteiger partial charge in [-0.3, -0.25) is 0 Å². The molecular weight excluding hydrogens is 282 g/mol. The van der Waals surface area contributed by atoms with E-state index in [0.29, 0.717) is 12.8 Å². The first kappa shape index (κ1) is 15.0. The Morgan fingerprint density at radius 2 is 2.14 bits per heavy atom. The predicted octanol–water partition coefficient (Wildman–Crippen LogP) is 2.43. The van der Waals surface area contributed by atoms with Crippen LogP contribution in [0.25, 0.3) is 11.4 Å². The molecule has 0 saturated heterocycles. The molecule has 0 saturated carbocycles. The summed E-state index contributed by atoms with van der Waals surface area (Å²) in [5.41, 5.74) is 0.224. The van der Waals surface area contributed by atoms with E-state index < -0.39 is 23.6 Å². The predicted molar refractivity (Wildman–Crippen MR) is 69.4 cm³/mol. The Bertz CT molecular complexity index is 645. The number of tetrazole rings is 1. The smallest absolute Gasteiger partial charge is 0.328 e. The Labute approximate surface area is 119 Å². The molecule has 0 aliphatic heterocycles. The fraction of sp³-hybridized carbons (Fsp3) is 0.385. The third-order valence-electron chi connectivity index (χ3n) is 3.08. The molecule has 2 aromatic rings. The average Bonchev–Trinajstić information content (AvgIpc) is 2.91. The van der Waals surface area contributed by atoms with Gasteiger partial charge in [0, 0.05) is 5.56 Å². The molecular formula is C13H14F2N4O2. The maximum Gasteiger partial charge on any atom is 0.328 e. The number of hydrogen-bond donors (Lipinski definition) is 1. The number of aliphatic carboxylic acids is 1. The van der Waals surface area contributed by atoms with Crippen molar-refractivity contribution in [3.05, 3.63) is 29.8 Å². The molecule has 2 rings (SSSR count). The lowest BCUT2D eigenvalue weighted by atomic mass is 10.1. The van der Waals surface area contributed by atoms with Crippen molar-refractivity contribution in [1.29, 1.82) is 0 Å². The molecule has 8 heteroatoms. The number of carbonyl (C=O) groups is 1. The molecule has 6 nitrogen and oxygen atoms in total. The van der Waals surface area contributed by atoms with Crippen molar-refractivity contribution in [1.82, 2.24) is 20.2 Å². The highest BCUT2D eigenvalue weighted by atomic mass is 19.2. The van der Waals surface area contributed by atoms with Gasteiger partial charge in [-0.05, 0) is 35.0 Å². The molecule has 0 bridgehead atoms. The van der Waals surface area contributed by atoms with Crippen LogP contribution in [0, 0.1) is 11.6 Å². The van der Waals surface area contributed by atoms with Gasteiger partial charge in [-0.15, -0.1) is 5.10 Å². The zero-order valence-electron chi connectivity index (χ0n) is 11.3. The highest BCUT2D eigenvalue weighted by molar-refractivity contribution is 5.72. The Hall–Kier alpha value is -2.38. The van der Waals surface area contributed by atoms with Gasteiger partial charge in [0.05, 0.1) is 0 Å². The summed E-state index contributed by atoms with van der Waals surface area (Å²) in [6, 6.07) is 2.25. The number of carboxylic acids is 1. The Kier molecular flexibility index (Phi) is 4.56. The summed E-state index contributed by atoms with van der Waals surface area (Å²) in [6.07, 6.45) is 1.87. The maximum absolute atomic E-state index is 13.3. The van der Waals surface area contributed by atoms with E-state index >= 15 is 0 Å². The minimum absolute atomic E-state index is 0.0948. The Morgan fingerprint density at radius 1 is 1.38 bits per heavy atom. The molecule has 1 unspecified atom stereocenters. The van der Waals surface area contributed by atoms with Gasteiger partial charge in [-0.1, -0.05) is 19.8 Å². The van der Waals surface area contributed by atoms with Crippen LogP contribution in [0.15, 0.2) is 18.2 Å². The molecule has 1 N–H and O–H groups in total. The van der Waals surface area contributed by atoms with Crippen LogP contribution in [0.1, 0.15) is 32.2 Å². The minimum Gasteiger partial charge on any atom is -0.480 e. The largest absolute Gasteiger partial charge is 0.480 e. The fourth-order valence-electron chi connectivity index (χ4n) is 1.98. The normalized spacial score (nSPS) is 12.3. The zero-order valence-corrected chi connectivity index (χ0v) is 11.3. The van der Waals surface area contributed by atoms with Gasteiger partial charge in [0.15, 0.2) is 23.5 Å². The van der Waals surface area contributed by atoms with E-state index in [9.17, 15) is 18.7 Å². The van der Waals surface area contributed by atoms with Crippen LogP contribution in [0.4, 0.5) is 8.78 Å². The van der Waals surface area contributed by atoms with E-state index in [1.54, 1.807) is 0 Å². The standard InChI is InChI=1S/C13H14F2N4O2/c1-2-3-4-11(13(20)21)19-12(16-17-18-19)8-5-6-9(14)10(15)7-8/h5-7,11H,2-4H2,1H3,(H,20,21). The molecule has 0 aliphatic carbocycles. The van der Waals surface area contributed by atoms with Crippen molar-refractivity contribution < 1.29 is 18.7 Å². The highest BCUT2D eigenvalue weighted by Crippen LogP contribution is 2.24. The number of hydrogen-bond acceptors (Lipinski definition) is 4. The van der Waals surface area contributed by atoms with Crippen molar-refractivity contribution in [2.75, 3.05) is 0 Å². The first-order valence-electron chi connectivity index (χ1n) is 6.50. The first-order chi connectivity index (χ1) is 10.0. The van der Waals surface area contributed by atoms with Crippen LogP contribution < -0.4 is 0 Å². The lowest BCUT2D eigenvalue weighted by Gasteiger charge is -2.13. The van der Waals surface area contributed by atoms with Gasteiger partial charge in [-0.2, -0.15) is 0 Å². The second-order valence-corrected chi connectivity index (χ2v) is 4.57. The summed E-state index contributed by atoms with van der Waals surface area (Å²) in [5.74, 6) is -3.00. The zero-order chi connectivity index (χ0) is 15.4. The van der Waals surface area contributed by atoms with Gasteiger partial charge in [0.2, 0.25) is 0 Å². The van der Waals surface area contributed by atoms with Gasteiger partial charge < -0.3 is 5.11 Å².